The van der Waals surface area contributed by atoms with Gasteiger partial charge in [-0.1, -0.05) is 48.5 Å². The average molecular weight is 288 g/mol. The zero-order valence-electron chi connectivity index (χ0n) is 12.0. The summed E-state index contributed by atoms with van der Waals surface area (Å²) in [5.74, 6) is 0.280. The largest absolute Gasteiger partial charge is 0.507 e. The number of aromatic hydroxyl groups is 1. The first-order valence-corrected chi connectivity index (χ1v) is 7.40. The number of hydrogen-bond donors (Lipinski definition) is 2. The Bertz CT molecular complexity index is 870. The molecule has 1 atom stereocenters. The minimum Gasteiger partial charge on any atom is -0.507 e. The summed E-state index contributed by atoms with van der Waals surface area (Å²) in [6.45, 7) is 0. The Hall–Kier alpha value is -2.81. The van der Waals surface area contributed by atoms with E-state index in [0.717, 1.165) is 17.7 Å². The maximum atomic E-state index is 9.96. The standard InChI is InChI=1S/C19H16N2O/c22-19-8-4-3-7-16(19)18-12-17(20-21-18)15-10-9-13-5-1-2-6-14(13)11-15/h1-11,17,20,22H,12H2. The first-order valence-electron chi connectivity index (χ1n) is 7.40. The van der Waals surface area contributed by atoms with Gasteiger partial charge in [0, 0.05) is 12.0 Å². The zero-order chi connectivity index (χ0) is 14.9. The van der Waals surface area contributed by atoms with Crippen LogP contribution >= 0.6 is 0 Å². The number of phenolic OH excluding ortho intramolecular Hbond substituents is 1. The van der Waals surface area contributed by atoms with Crippen LogP contribution in [0.2, 0.25) is 0 Å². The maximum Gasteiger partial charge on any atom is 0.124 e. The van der Waals surface area contributed by atoms with Crippen molar-refractivity contribution in [3.05, 3.63) is 77.9 Å². The molecule has 0 spiro atoms. The first kappa shape index (κ1) is 12.9. The molecule has 1 aliphatic rings. The minimum atomic E-state index is 0.152. The number of nitrogens with zero attached hydrogens (tertiary/aromatic N) is 1. The van der Waals surface area contributed by atoms with E-state index in [4.69, 9.17) is 0 Å². The smallest absolute Gasteiger partial charge is 0.124 e. The number of phenols is 1. The molecule has 22 heavy (non-hydrogen) atoms. The summed E-state index contributed by atoms with van der Waals surface area (Å²) in [5, 5.41) is 16.8. The van der Waals surface area contributed by atoms with E-state index in [9.17, 15) is 5.11 Å². The summed E-state index contributed by atoms with van der Waals surface area (Å²) < 4.78 is 0. The molecule has 3 heteroatoms. The number of fused-ring (bicyclic) bond motifs is 1. The molecule has 1 heterocycles. The number of rotatable bonds is 2. The van der Waals surface area contributed by atoms with Crippen LogP contribution in [-0.2, 0) is 0 Å². The molecule has 108 valence electrons. The van der Waals surface area contributed by atoms with Crippen LogP contribution in [0, 0.1) is 0 Å². The van der Waals surface area contributed by atoms with E-state index in [0.29, 0.717) is 0 Å². The normalized spacial score (nSPS) is 17.3. The van der Waals surface area contributed by atoms with Crippen LogP contribution in [0.1, 0.15) is 23.6 Å². The summed E-state index contributed by atoms with van der Waals surface area (Å²) >= 11 is 0. The van der Waals surface area contributed by atoms with Gasteiger partial charge in [0.2, 0.25) is 0 Å². The Labute approximate surface area is 128 Å². The van der Waals surface area contributed by atoms with Crippen molar-refractivity contribution in [3.8, 4) is 5.75 Å². The molecule has 2 N–H and O–H groups in total. The van der Waals surface area contributed by atoms with E-state index in [1.165, 1.54) is 16.3 Å². The van der Waals surface area contributed by atoms with Gasteiger partial charge in [-0.15, -0.1) is 0 Å². The fraction of sp³-hybridized carbons (Fsp3) is 0.105. The van der Waals surface area contributed by atoms with E-state index < -0.39 is 0 Å². The molecule has 0 saturated heterocycles. The SMILES string of the molecule is Oc1ccccc1C1=NNC(c2ccc3ccccc3c2)C1. The molecule has 0 aromatic heterocycles. The molecule has 3 nitrogen and oxygen atoms in total. The van der Waals surface area contributed by atoms with Gasteiger partial charge in [0.25, 0.3) is 0 Å². The Morgan fingerprint density at radius 3 is 2.55 bits per heavy atom. The van der Waals surface area contributed by atoms with Gasteiger partial charge in [-0.25, -0.2) is 0 Å². The number of hydrazone groups is 1. The second kappa shape index (κ2) is 5.19. The summed E-state index contributed by atoms with van der Waals surface area (Å²) in [6.07, 6.45) is 0.774. The average Bonchev–Trinajstić information content (AvgIpc) is 3.04. The highest BCUT2D eigenvalue weighted by atomic mass is 16.3. The predicted octanol–water partition coefficient (Wildman–Crippen LogP) is 3.98. The molecule has 0 radical (unpaired) electrons. The van der Waals surface area contributed by atoms with Crippen LogP contribution in [0.5, 0.6) is 5.75 Å². The molecule has 0 bridgehead atoms. The summed E-state index contributed by atoms with van der Waals surface area (Å²) in [7, 11) is 0. The topological polar surface area (TPSA) is 44.6 Å². The highest BCUT2D eigenvalue weighted by Crippen LogP contribution is 2.29. The van der Waals surface area contributed by atoms with Crippen molar-refractivity contribution in [3.63, 3.8) is 0 Å². The van der Waals surface area contributed by atoms with Crippen molar-refractivity contribution < 1.29 is 5.11 Å². The maximum absolute atomic E-state index is 9.96. The third-order valence-corrected chi connectivity index (χ3v) is 4.14. The molecule has 3 aromatic carbocycles. The number of benzene rings is 3. The van der Waals surface area contributed by atoms with E-state index in [1.807, 2.05) is 18.2 Å². The predicted molar refractivity (Wildman–Crippen MR) is 89.1 cm³/mol. The molecule has 1 aliphatic heterocycles. The van der Waals surface area contributed by atoms with E-state index in [2.05, 4.69) is 53.0 Å². The van der Waals surface area contributed by atoms with E-state index >= 15 is 0 Å². The lowest BCUT2D eigenvalue weighted by Crippen LogP contribution is -2.09. The van der Waals surface area contributed by atoms with Gasteiger partial charge in [0.05, 0.1) is 11.8 Å². The van der Waals surface area contributed by atoms with Gasteiger partial charge in [0.15, 0.2) is 0 Å². The second-order valence-corrected chi connectivity index (χ2v) is 5.57. The van der Waals surface area contributed by atoms with Crippen LogP contribution in [0.4, 0.5) is 0 Å². The van der Waals surface area contributed by atoms with Crippen molar-refractivity contribution in [2.75, 3.05) is 0 Å². The van der Waals surface area contributed by atoms with E-state index in [-0.39, 0.29) is 11.8 Å². The Balaban J connectivity index is 1.62. The summed E-state index contributed by atoms with van der Waals surface area (Å²) in [4.78, 5) is 0. The third-order valence-electron chi connectivity index (χ3n) is 4.14. The van der Waals surface area contributed by atoms with Crippen LogP contribution < -0.4 is 5.43 Å². The fourth-order valence-corrected chi connectivity index (χ4v) is 2.95. The van der Waals surface area contributed by atoms with Gasteiger partial charge >= 0.3 is 0 Å². The van der Waals surface area contributed by atoms with Gasteiger partial charge in [-0.05, 0) is 34.5 Å². The molecule has 3 aromatic rings. The molecular formula is C19H16N2O. The lowest BCUT2D eigenvalue weighted by Gasteiger charge is -2.11. The van der Waals surface area contributed by atoms with Gasteiger partial charge < -0.3 is 10.5 Å². The highest BCUT2D eigenvalue weighted by Gasteiger charge is 2.22. The zero-order valence-corrected chi connectivity index (χ0v) is 12.0. The minimum absolute atomic E-state index is 0.152. The number of para-hydroxylation sites is 1. The van der Waals surface area contributed by atoms with Crippen LogP contribution in [0.25, 0.3) is 10.8 Å². The lowest BCUT2D eigenvalue weighted by molar-refractivity contribution is 0.474. The van der Waals surface area contributed by atoms with Crippen LogP contribution in [0.15, 0.2) is 71.8 Å². The van der Waals surface area contributed by atoms with Crippen molar-refractivity contribution in [1.82, 2.24) is 5.43 Å². The summed E-state index contributed by atoms with van der Waals surface area (Å²) in [5.41, 5.74) is 6.11. The van der Waals surface area contributed by atoms with Gasteiger partial charge in [0.1, 0.15) is 5.75 Å². The molecule has 4 rings (SSSR count). The van der Waals surface area contributed by atoms with Crippen molar-refractivity contribution >= 4 is 16.5 Å². The molecule has 0 amide bonds. The van der Waals surface area contributed by atoms with Gasteiger partial charge in [-0.2, -0.15) is 5.10 Å². The van der Waals surface area contributed by atoms with Gasteiger partial charge in [-0.3, -0.25) is 0 Å². The molecule has 1 unspecified atom stereocenters. The Morgan fingerprint density at radius 2 is 1.68 bits per heavy atom. The monoisotopic (exact) mass is 288 g/mol. The third kappa shape index (κ3) is 2.21. The first-order chi connectivity index (χ1) is 10.8. The van der Waals surface area contributed by atoms with Crippen molar-refractivity contribution in [2.45, 2.75) is 12.5 Å². The number of hydrogen-bond acceptors (Lipinski definition) is 3. The molecular weight excluding hydrogens is 272 g/mol. The van der Waals surface area contributed by atoms with E-state index in [1.54, 1.807) is 6.07 Å². The lowest BCUT2D eigenvalue weighted by atomic mass is 9.97. The fourth-order valence-electron chi connectivity index (χ4n) is 2.95. The van der Waals surface area contributed by atoms with Crippen molar-refractivity contribution in [2.24, 2.45) is 5.10 Å². The quantitative estimate of drug-likeness (QED) is 0.749. The number of nitrogens with one attached hydrogen (secondary N) is 1. The molecule has 0 saturated carbocycles. The van der Waals surface area contributed by atoms with Crippen LogP contribution in [-0.4, -0.2) is 10.8 Å². The van der Waals surface area contributed by atoms with Crippen molar-refractivity contribution in [1.29, 1.82) is 0 Å². The highest BCUT2D eigenvalue weighted by molar-refractivity contribution is 6.04. The Kier molecular flexibility index (Phi) is 3.04. The molecule has 0 aliphatic carbocycles. The summed E-state index contributed by atoms with van der Waals surface area (Å²) in [6, 6.07) is 22.3. The molecule has 0 fully saturated rings. The second-order valence-electron chi connectivity index (χ2n) is 5.57. The Morgan fingerprint density at radius 1 is 0.909 bits per heavy atom. The van der Waals surface area contributed by atoms with Crippen LogP contribution in [0.3, 0.4) is 0 Å².